The van der Waals surface area contributed by atoms with Crippen molar-refractivity contribution in [1.82, 2.24) is 9.97 Å². The van der Waals surface area contributed by atoms with Crippen LogP contribution in [0.2, 0.25) is 0 Å². The van der Waals surface area contributed by atoms with Crippen molar-refractivity contribution in [3.05, 3.63) is 191 Å². The van der Waals surface area contributed by atoms with Gasteiger partial charge in [-0.3, -0.25) is 9.97 Å². The van der Waals surface area contributed by atoms with Crippen LogP contribution < -0.4 is 4.74 Å². The first-order valence-corrected chi connectivity index (χ1v) is 18.2. The Kier molecular flexibility index (Phi) is 8.98. The first kappa shape index (κ1) is 33.3. The summed E-state index contributed by atoms with van der Waals surface area (Å²) in [6.07, 6.45) is 1.88. The van der Waals surface area contributed by atoms with Gasteiger partial charge < -0.3 is 4.74 Å². The molecule has 3 nitrogen and oxygen atoms in total. The number of para-hydroxylation sites is 1. The average molecular weight is 874 g/mol. The summed E-state index contributed by atoms with van der Waals surface area (Å²) < 4.78 is 7.93. The first-order valence-electron chi connectivity index (χ1n) is 16.6. The zero-order valence-corrected chi connectivity index (χ0v) is 31.7. The van der Waals surface area contributed by atoms with Gasteiger partial charge in [-0.15, -0.1) is 29.3 Å². The molecule has 0 radical (unpaired) electrons. The van der Waals surface area contributed by atoms with Crippen LogP contribution in [0.4, 0.5) is 0 Å². The van der Waals surface area contributed by atoms with Crippen LogP contribution in [0.15, 0.2) is 156 Å². The third-order valence-electron chi connectivity index (χ3n) is 9.38. The molecule has 0 saturated carbocycles. The van der Waals surface area contributed by atoms with Crippen LogP contribution in [0, 0.1) is 26.0 Å². The van der Waals surface area contributed by atoms with Gasteiger partial charge in [0.2, 0.25) is 0 Å². The molecule has 6 aromatic carbocycles. The van der Waals surface area contributed by atoms with E-state index >= 15 is 0 Å². The van der Waals surface area contributed by atoms with Crippen molar-refractivity contribution in [2.75, 3.05) is 0 Å². The SMILES string of the molecule is Cc1cccc(C)c1-c1cc(Oc2[c-]c(C3(c4ccccn4)c4ccccc4Sc4ccccc43)ccc2)[c-]c(-c2nc3ccccc3s2)c1.[Pt+2]. The molecule has 0 spiro atoms. The van der Waals surface area contributed by atoms with Crippen molar-refractivity contribution < 1.29 is 25.8 Å². The number of nitrogens with zero attached hydrogens (tertiary/aromatic N) is 2. The number of hydrogen-bond acceptors (Lipinski definition) is 5. The van der Waals surface area contributed by atoms with Gasteiger partial charge in [-0.2, -0.15) is 23.5 Å². The predicted molar refractivity (Wildman–Crippen MR) is 204 cm³/mol. The molecule has 1 aliphatic heterocycles. The smallest absolute Gasteiger partial charge is 0.503 e. The van der Waals surface area contributed by atoms with E-state index in [1.165, 1.54) is 37.6 Å². The van der Waals surface area contributed by atoms with E-state index in [4.69, 9.17) is 14.7 Å². The van der Waals surface area contributed by atoms with Crippen molar-refractivity contribution >= 4 is 33.3 Å². The minimum absolute atomic E-state index is 0. The van der Waals surface area contributed by atoms with E-state index in [2.05, 4.69) is 147 Å². The molecule has 0 bridgehead atoms. The van der Waals surface area contributed by atoms with E-state index < -0.39 is 5.41 Å². The van der Waals surface area contributed by atoms with Crippen molar-refractivity contribution in [3.63, 3.8) is 0 Å². The van der Waals surface area contributed by atoms with Gasteiger partial charge in [-0.1, -0.05) is 102 Å². The Labute approximate surface area is 320 Å². The largest absolute Gasteiger partial charge is 2.00 e. The topological polar surface area (TPSA) is 35.0 Å². The van der Waals surface area contributed by atoms with Crippen LogP contribution in [0.5, 0.6) is 11.5 Å². The molecule has 0 aliphatic carbocycles. The second-order valence-corrected chi connectivity index (χ2v) is 14.6. The first-order chi connectivity index (χ1) is 24.6. The number of benzene rings is 6. The molecule has 2 aromatic heterocycles. The average Bonchev–Trinajstić information content (AvgIpc) is 3.59. The maximum Gasteiger partial charge on any atom is 2.00 e. The van der Waals surface area contributed by atoms with Crippen molar-refractivity contribution in [3.8, 4) is 33.2 Å². The second kappa shape index (κ2) is 13.7. The van der Waals surface area contributed by atoms with Crippen LogP contribution in [-0.4, -0.2) is 9.97 Å². The minimum Gasteiger partial charge on any atom is -0.503 e. The summed E-state index contributed by atoms with van der Waals surface area (Å²) in [4.78, 5) is 12.4. The Morgan fingerprint density at radius 1 is 0.647 bits per heavy atom. The number of pyridine rings is 1. The van der Waals surface area contributed by atoms with Crippen LogP contribution in [0.3, 0.4) is 0 Å². The Morgan fingerprint density at radius 2 is 1.33 bits per heavy atom. The van der Waals surface area contributed by atoms with E-state index in [1.54, 1.807) is 23.1 Å². The van der Waals surface area contributed by atoms with Crippen molar-refractivity contribution in [2.45, 2.75) is 29.1 Å². The Hall–Kier alpha value is -4.80. The summed E-state index contributed by atoms with van der Waals surface area (Å²) >= 11 is 3.47. The fourth-order valence-corrected chi connectivity index (χ4v) is 9.37. The number of rotatable bonds is 6. The van der Waals surface area contributed by atoms with Crippen LogP contribution >= 0.6 is 23.1 Å². The zero-order valence-electron chi connectivity index (χ0n) is 27.8. The molecule has 1 aliphatic rings. The summed E-state index contributed by atoms with van der Waals surface area (Å²) in [6, 6.07) is 55.9. The molecule has 8 aromatic rings. The van der Waals surface area contributed by atoms with E-state index in [1.807, 2.05) is 24.4 Å². The molecule has 0 atom stereocenters. The number of ether oxygens (including phenoxy) is 1. The van der Waals surface area contributed by atoms with Gasteiger partial charge in [-0.25, -0.2) is 0 Å². The standard InChI is InChI=1S/C45H30N2OS2.Pt/c1-29-13-11-14-30(2)43(29)31-25-32(44-47-38-19-5-8-22-41(38)50-44)27-35(26-31)48-34-16-12-15-33(28-34)45(42-23-9-10-24-46-42)36-17-3-6-20-39(36)49-40-21-7-4-18-37(40)45;/h3-26H,1-2H3;/q-2;+2. The Balaban J connectivity index is 0.00000374. The summed E-state index contributed by atoms with van der Waals surface area (Å²) in [7, 11) is 0. The van der Waals surface area contributed by atoms with Gasteiger partial charge in [0, 0.05) is 37.2 Å². The molecule has 0 fully saturated rings. The Morgan fingerprint density at radius 3 is 2.06 bits per heavy atom. The number of aromatic nitrogens is 2. The van der Waals surface area contributed by atoms with Gasteiger partial charge in [-0.05, 0) is 78.1 Å². The van der Waals surface area contributed by atoms with E-state index in [0.717, 1.165) is 37.6 Å². The molecule has 6 heteroatoms. The maximum absolute atomic E-state index is 6.78. The third-order valence-corrected chi connectivity index (χ3v) is 11.6. The van der Waals surface area contributed by atoms with Crippen LogP contribution in [0.1, 0.15) is 33.5 Å². The summed E-state index contributed by atoms with van der Waals surface area (Å²) in [5.74, 6) is 1.22. The van der Waals surface area contributed by atoms with E-state index in [-0.39, 0.29) is 21.1 Å². The molecule has 51 heavy (non-hydrogen) atoms. The molecule has 0 N–H and O–H groups in total. The number of hydrogen-bond donors (Lipinski definition) is 0. The van der Waals surface area contributed by atoms with Gasteiger partial charge in [0.25, 0.3) is 0 Å². The van der Waals surface area contributed by atoms with E-state index in [9.17, 15) is 0 Å². The molecular formula is C45H30N2OPtS2. The second-order valence-electron chi connectivity index (χ2n) is 12.5. The molecule has 0 unspecified atom stereocenters. The fraction of sp³-hybridized carbons (Fsp3) is 0.0667. The maximum atomic E-state index is 6.78. The van der Waals surface area contributed by atoms with E-state index in [0.29, 0.717) is 11.5 Å². The minimum atomic E-state index is -0.699. The zero-order chi connectivity index (χ0) is 33.7. The number of aryl methyl sites for hydroxylation is 2. The summed E-state index contributed by atoms with van der Waals surface area (Å²) in [5.41, 5.74) is 10.1. The summed E-state index contributed by atoms with van der Waals surface area (Å²) in [6.45, 7) is 4.31. The van der Waals surface area contributed by atoms with Crippen LogP contribution in [-0.2, 0) is 26.5 Å². The summed E-state index contributed by atoms with van der Waals surface area (Å²) in [5, 5.41) is 0.906. The Bertz CT molecular complexity index is 2450. The van der Waals surface area contributed by atoms with Crippen LogP contribution in [0.25, 0.3) is 31.9 Å². The molecular weight excluding hydrogens is 844 g/mol. The van der Waals surface area contributed by atoms with Gasteiger partial charge >= 0.3 is 21.1 Å². The quantitative estimate of drug-likeness (QED) is 0.156. The number of fused-ring (bicyclic) bond motifs is 3. The monoisotopic (exact) mass is 873 g/mol. The molecule has 9 rings (SSSR count). The predicted octanol–water partition coefficient (Wildman–Crippen LogP) is 11.9. The molecule has 248 valence electrons. The number of thiazole rings is 1. The van der Waals surface area contributed by atoms with Gasteiger partial charge in [0.05, 0.1) is 16.6 Å². The third kappa shape index (κ3) is 5.84. The van der Waals surface area contributed by atoms with Crippen molar-refractivity contribution in [2.24, 2.45) is 0 Å². The van der Waals surface area contributed by atoms with Gasteiger partial charge in [0.15, 0.2) is 0 Å². The molecule has 3 heterocycles. The molecule has 0 amide bonds. The van der Waals surface area contributed by atoms with Crippen molar-refractivity contribution in [1.29, 1.82) is 0 Å². The fourth-order valence-electron chi connectivity index (χ4n) is 7.24. The normalized spacial score (nSPS) is 12.8. The molecule has 0 saturated heterocycles. The van der Waals surface area contributed by atoms with Gasteiger partial charge in [0.1, 0.15) is 0 Å².